The molecule has 0 aliphatic rings. The summed E-state index contributed by atoms with van der Waals surface area (Å²) in [4.78, 5) is 8.46. The first kappa shape index (κ1) is 13.1. The van der Waals surface area contributed by atoms with Crippen LogP contribution in [0.4, 0.5) is 5.13 Å². The number of hydrazone groups is 1. The summed E-state index contributed by atoms with van der Waals surface area (Å²) in [7, 11) is 0. The zero-order valence-electron chi connectivity index (χ0n) is 10.4. The lowest BCUT2D eigenvalue weighted by Crippen LogP contribution is -1.89. The minimum atomic E-state index is 0.769. The predicted octanol–water partition coefficient (Wildman–Crippen LogP) is 4.35. The van der Waals surface area contributed by atoms with Gasteiger partial charge in [0.15, 0.2) is 0 Å². The highest BCUT2D eigenvalue weighted by molar-refractivity contribution is 9.10. The molecule has 0 spiro atoms. The number of thiazole rings is 1. The van der Waals surface area contributed by atoms with Crippen LogP contribution in [0.15, 0.2) is 58.4 Å². The molecule has 0 saturated carbocycles. The number of nitrogens with zero attached hydrogens (tertiary/aromatic N) is 2. The van der Waals surface area contributed by atoms with Gasteiger partial charge in [0, 0.05) is 16.9 Å². The molecule has 20 heavy (non-hydrogen) atoms. The van der Waals surface area contributed by atoms with Gasteiger partial charge in [0.05, 0.1) is 16.8 Å². The number of anilines is 1. The maximum absolute atomic E-state index is 4.31. The van der Waals surface area contributed by atoms with Crippen molar-refractivity contribution < 1.29 is 0 Å². The number of benzene rings is 1. The molecule has 0 atom stereocenters. The van der Waals surface area contributed by atoms with Gasteiger partial charge in [0.25, 0.3) is 0 Å². The molecule has 2 heterocycles. The van der Waals surface area contributed by atoms with Crippen LogP contribution in [-0.4, -0.2) is 16.2 Å². The van der Waals surface area contributed by atoms with Crippen LogP contribution in [0.1, 0.15) is 5.69 Å². The number of hydrogen-bond acceptors (Lipinski definition) is 4. The molecule has 2 N–H and O–H groups in total. The standard InChI is InChI=1S/C14H11BrN4S/c15-11-5-3-10(4-6-11)13-9-17-14(20-13)19-18-8-12-2-1-7-16-12/h1-9,16H,(H,17,19)/b18-8+. The van der Waals surface area contributed by atoms with E-state index in [-0.39, 0.29) is 0 Å². The van der Waals surface area contributed by atoms with Crippen molar-refractivity contribution in [3.63, 3.8) is 0 Å². The van der Waals surface area contributed by atoms with Crippen molar-refractivity contribution >= 4 is 38.6 Å². The molecular weight excluding hydrogens is 336 g/mol. The molecular formula is C14H11BrN4S. The van der Waals surface area contributed by atoms with E-state index < -0.39 is 0 Å². The van der Waals surface area contributed by atoms with Crippen LogP contribution >= 0.6 is 27.3 Å². The van der Waals surface area contributed by atoms with E-state index in [9.17, 15) is 0 Å². The summed E-state index contributed by atoms with van der Waals surface area (Å²) >= 11 is 5.00. The zero-order chi connectivity index (χ0) is 13.8. The normalized spacial score (nSPS) is 11.1. The van der Waals surface area contributed by atoms with Crippen molar-refractivity contribution in [1.82, 2.24) is 9.97 Å². The lowest BCUT2D eigenvalue weighted by molar-refractivity contribution is 1.28. The minimum absolute atomic E-state index is 0.769. The first-order valence-electron chi connectivity index (χ1n) is 5.95. The molecule has 0 saturated heterocycles. The van der Waals surface area contributed by atoms with Crippen molar-refractivity contribution in [2.45, 2.75) is 0 Å². The van der Waals surface area contributed by atoms with E-state index in [1.807, 2.05) is 36.7 Å². The van der Waals surface area contributed by atoms with Gasteiger partial charge in [-0.25, -0.2) is 4.98 Å². The van der Waals surface area contributed by atoms with Crippen molar-refractivity contribution in [3.8, 4) is 10.4 Å². The van der Waals surface area contributed by atoms with Gasteiger partial charge in [-0.2, -0.15) is 5.10 Å². The van der Waals surface area contributed by atoms with E-state index in [0.29, 0.717) is 0 Å². The van der Waals surface area contributed by atoms with Gasteiger partial charge >= 0.3 is 0 Å². The Morgan fingerprint density at radius 2 is 2.10 bits per heavy atom. The summed E-state index contributed by atoms with van der Waals surface area (Å²) in [6, 6.07) is 12.0. The fourth-order valence-corrected chi connectivity index (χ4v) is 2.69. The smallest absolute Gasteiger partial charge is 0.203 e. The molecule has 6 heteroatoms. The third-order valence-corrected chi connectivity index (χ3v) is 4.10. The average molecular weight is 347 g/mol. The second-order valence-electron chi connectivity index (χ2n) is 4.03. The molecule has 0 radical (unpaired) electrons. The number of rotatable bonds is 4. The number of halogens is 1. The maximum Gasteiger partial charge on any atom is 0.203 e. The molecule has 3 rings (SSSR count). The van der Waals surface area contributed by atoms with Crippen LogP contribution in [-0.2, 0) is 0 Å². The Morgan fingerprint density at radius 1 is 1.25 bits per heavy atom. The monoisotopic (exact) mass is 346 g/mol. The summed E-state index contributed by atoms with van der Waals surface area (Å²) in [5, 5.41) is 4.91. The number of aromatic nitrogens is 2. The third-order valence-electron chi connectivity index (χ3n) is 2.62. The summed E-state index contributed by atoms with van der Waals surface area (Å²) in [5.41, 5.74) is 5.02. The first-order valence-corrected chi connectivity index (χ1v) is 7.56. The Labute approximate surface area is 128 Å². The van der Waals surface area contributed by atoms with Crippen molar-refractivity contribution in [3.05, 3.63) is 59.0 Å². The van der Waals surface area contributed by atoms with Gasteiger partial charge in [-0.05, 0) is 29.8 Å². The fraction of sp³-hybridized carbons (Fsp3) is 0. The lowest BCUT2D eigenvalue weighted by Gasteiger charge is -1.96. The van der Waals surface area contributed by atoms with Gasteiger partial charge in [0.2, 0.25) is 5.13 Å². The van der Waals surface area contributed by atoms with Gasteiger partial charge in [0.1, 0.15) is 0 Å². The highest BCUT2D eigenvalue weighted by atomic mass is 79.9. The quantitative estimate of drug-likeness (QED) is 0.545. The summed E-state index contributed by atoms with van der Waals surface area (Å²) in [5.74, 6) is 0. The first-order chi connectivity index (χ1) is 9.81. The van der Waals surface area contributed by atoms with E-state index in [4.69, 9.17) is 0 Å². The van der Waals surface area contributed by atoms with Crippen LogP contribution in [0.3, 0.4) is 0 Å². The number of hydrogen-bond donors (Lipinski definition) is 2. The molecule has 0 aliphatic heterocycles. The SMILES string of the molecule is Brc1ccc(-c2cnc(N/N=C/c3ccc[nH]3)s2)cc1. The second-order valence-corrected chi connectivity index (χ2v) is 5.98. The molecule has 2 aromatic heterocycles. The Kier molecular flexibility index (Phi) is 3.94. The lowest BCUT2D eigenvalue weighted by atomic mass is 10.2. The second kappa shape index (κ2) is 6.02. The van der Waals surface area contributed by atoms with E-state index >= 15 is 0 Å². The number of nitrogens with one attached hydrogen (secondary N) is 2. The minimum Gasteiger partial charge on any atom is -0.360 e. The van der Waals surface area contributed by atoms with Gasteiger partial charge in [-0.15, -0.1) is 0 Å². The highest BCUT2D eigenvalue weighted by Crippen LogP contribution is 2.29. The van der Waals surface area contributed by atoms with E-state index in [2.05, 4.69) is 48.6 Å². The topological polar surface area (TPSA) is 53.1 Å². The molecule has 100 valence electrons. The van der Waals surface area contributed by atoms with E-state index in [1.165, 1.54) is 0 Å². The van der Waals surface area contributed by atoms with Gasteiger partial charge < -0.3 is 4.98 Å². The Morgan fingerprint density at radius 3 is 2.85 bits per heavy atom. The van der Waals surface area contributed by atoms with Crippen LogP contribution in [0, 0.1) is 0 Å². The zero-order valence-corrected chi connectivity index (χ0v) is 12.8. The van der Waals surface area contributed by atoms with Crippen LogP contribution in [0.5, 0.6) is 0 Å². The van der Waals surface area contributed by atoms with E-state index in [1.54, 1.807) is 17.6 Å². The fourth-order valence-electron chi connectivity index (χ4n) is 1.65. The van der Waals surface area contributed by atoms with Crippen molar-refractivity contribution in [2.75, 3.05) is 5.43 Å². The highest BCUT2D eigenvalue weighted by Gasteiger charge is 2.03. The molecule has 0 amide bonds. The van der Waals surface area contributed by atoms with Crippen LogP contribution in [0.2, 0.25) is 0 Å². The van der Waals surface area contributed by atoms with Crippen molar-refractivity contribution in [1.29, 1.82) is 0 Å². The molecule has 0 unspecified atom stereocenters. The molecule has 3 aromatic rings. The molecule has 1 aromatic carbocycles. The molecule has 4 nitrogen and oxygen atoms in total. The third kappa shape index (κ3) is 3.15. The van der Waals surface area contributed by atoms with Crippen molar-refractivity contribution in [2.24, 2.45) is 5.10 Å². The molecule has 0 aliphatic carbocycles. The number of H-pyrrole nitrogens is 1. The van der Waals surface area contributed by atoms with E-state index in [0.717, 1.165) is 25.7 Å². The largest absolute Gasteiger partial charge is 0.360 e. The maximum atomic E-state index is 4.31. The summed E-state index contributed by atoms with van der Waals surface area (Å²) in [6.07, 6.45) is 5.43. The van der Waals surface area contributed by atoms with Crippen LogP contribution < -0.4 is 5.43 Å². The van der Waals surface area contributed by atoms with Gasteiger partial charge in [-0.1, -0.05) is 39.4 Å². The number of aromatic amines is 1. The summed E-state index contributed by atoms with van der Waals surface area (Å²) < 4.78 is 1.07. The molecule has 0 bridgehead atoms. The van der Waals surface area contributed by atoms with Crippen LogP contribution in [0.25, 0.3) is 10.4 Å². The Hall–Kier alpha value is -1.92. The molecule has 0 fully saturated rings. The Balaban J connectivity index is 1.69. The Bertz CT molecular complexity index is 701. The van der Waals surface area contributed by atoms with Gasteiger partial charge in [-0.3, -0.25) is 5.43 Å². The summed E-state index contributed by atoms with van der Waals surface area (Å²) in [6.45, 7) is 0. The predicted molar refractivity (Wildman–Crippen MR) is 87.3 cm³/mol. The average Bonchev–Trinajstić information content (AvgIpc) is 3.11.